The third-order valence-corrected chi connectivity index (χ3v) is 1.53. The lowest BCUT2D eigenvalue weighted by molar-refractivity contribution is -0.136. The van der Waals surface area contributed by atoms with Crippen molar-refractivity contribution in [3.63, 3.8) is 0 Å². The van der Waals surface area contributed by atoms with Crippen molar-refractivity contribution >= 4 is 5.97 Å². The van der Waals surface area contributed by atoms with Gasteiger partial charge in [0.15, 0.2) is 11.6 Å². The van der Waals surface area contributed by atoms with Crippen LogP contribution in [-0.2, 0) is 9.53 Å². The Morgan fingerprint density at radius 2 is 2.33 bits per heavy atom. The van der Waals surface area contributed by atoms with Crippen LogP contribution in [0.5, 0.6) is 5.75 Å². The highest BCUT2D eigenvalue weighted by Gasteiger charge is 1.99. The van der Waals surface area contributed by atoms with Gasteiger partial charge in [-0.2, -0.15) is 0 Å². The van der Waals surface area contributed by atoms with Gasteiger partial charge in [-0.15, -0.1) is 0 Å². The molecular formula is C11H9FO3. The Hall–Kier alpha value is -2.02. The van der Waals surface area contributed by atoms with E-state index >= 15 is 0 Å². The van der Waals surface area contributed by atoms with E-state index in [0.29, 0.717) is 5.56 Å². The first kappa shape index (κ1) is 11.1. The quantitative estimate of drug-likeness (QED) is 0.561. The number of carbonyl (C=O) groups is 1. The molecule has 0 atom stereocenters. The number of phenols is 1. The summed E-state index contributed by atoms with van der Waals surface area (Å²) >= 11 is 0. The number of hydrogen-bond acceptors (Lipinski definition) is 3. The van der Waals surface area contributed by atoms with Crippen LogP contribution in [0.3, 0.4) is 0 Å². The van der Waals surface area contributed by atoms with E-state index in [4.69, 9.17) is 5.11 Å². The predicted octanol–water partition coefficient (Wildman–Crippen LogP) is 1.45. The summed E-state index contributed by atoms with van der Waals surface area (Å²) in [6.45, 7) is 1.92. The topological polar surface area (TPSA) is 46.5 Å². The molecule has 0 spiro atoms. The standard InChI is InChI=1S/C11H9FO3/c1-2-15-11(14)6-4-8-3-5-9(12)10(13)7-8/h3,5,7,13H,2H2,1H3. The van der Waals surface area contributed by atoms with Crippen LogP contribution < -0.4 is 0 Å². The van der Waals surface area contributed by atoms with Crippen molar-refractivity contribution in [1.82, 2.24) is 0 Å². The molecule has 15 heavy (non-hydrogen) atoms. The Balaban J connectivity index is 2.80. The summed E-state index contributed by atoms with van der Waals surface area (Å²) in [7, 11) is 0. The number of phenolic OH excluding ortho intramolecular Hbond substituents is 1. The molecule has 1 N–H and O–H groups in total. The zero-order chi connectivity index (χ0) is 11.3. The van der Waals surface area contributed by atoms with E-state index in [0.717, 1.165) is 12.1 Å². The molecule has 0 bridgehead atoms. The van der Waals surface area contributed by atoms with Gasteiger partial charge in [0, 0.05) is 11.5 Å². The van der Waals surface area contributed by atoms with Crippen LogP contribution in [0.4, 0.5) is 4.39 Å². The summed E-state index contributed by atoms with van der Waals surface area (Å²) in [6, 6.07) is 3.58. The minimum absolute atomic E-state index is 0.252. The Morgan fingerprint density at radius 1 is 1.60 bits per heavy atom. The molecule has 0 aliphatic heterocycles. The van der Waals surface area contributed by atoms with Crippen LogP contribution in [0, 0.1) is 17.7 Å². The molecule has 1 rings (SSSR count). The number of aromatic hydroxyl groups is 1. The van der Waals surface area contributed by atoms with Gasteiger partial charge in [0.2, 0.25) is 0 Å². The van der Waals surface area contributed by atoms with Crippen molar-refractivity contribution in [2.75, 3.05) is 6.61 Å². The summed E-state index contributed by atoms with van der Waals surface area (Å²) in [5.74, 6) is 2.78. The molecule has 0 aromatic heterocycles. The summed E-state index contributed by atoms with van der Waals surface area (Å²) in [5.41, 5.74) is 0.349. The van der Waals surface area contributed by atoms with Crippen LogP contribution in [0.25, 0.3) is 0 Å². The van der Waals surface area contributed by atoms with E-state index in [1.807, 2.05) is 0 Å². The van der Waals surface area contributed by atoms with Gasteiger partial charge in [0.05, 0.1) is 6.61 Å². The highest BCUT2D eigenvalue weighted by molar-refractivity contribution is 5.89. The van der Waals surface area contributed by atoms with Gasteiger partial charge in [-0.25, -0.2) is 9.18 Å². The van der Waals surface area contributed by atoms with Crippen LogP contribution in [0.1, 0.15) is 12.5 Å². The van der Waals surface area contributed by atoms with Gasteiger partial charge in [0.1, 0.15) is 0 Å². The molecule has 0 unspecified atom stereocenters. The monoisotopic (exact) mass is 208 g/mol. The molecule has 3 nitrogen and oxygen atoms in total. The van der Waals surface area contributed by atoms with E-state index in [1.54, 1.807) is 6.92 Å². The average Bonchev–Trinajstić information content (AvgIpc) is 2.20. The van der Waals surface area contributed by atoms with Crippen molar-refractivity contribution in [2.45, 2.75) is 6.92 Å². The molecule has 4 heteroatoms. The summed E-state index contributed by atoms with van der Waals surface area (Å²) in [4.78, 5) is 10.8. The highest BCUT2D eigenvalue weighted by Crippen LogP contribution is 2.15. The number of rotatable bonds is 1. The van der Waals surface area contributed by atoms with Crippen LogP contribution in [-0.4, -0.2) is 17.7 Å². The SMILES string of the molecule is CCOC(=O)C#Cc1ccc(F)c(O)c1. The second-order valence-corrected chi connectivity index (χ2v) is 2.64. The van der Waals surface area contributed by atoms with Gasteiger partial charge in [-0.1, -0.05) is 5.92 Å². The molecule has 0 aliphatic carbocycles. The first-order chi connectivity index (χ1) is 7.13. The second kappa shape index (κ2) is 5.01. The third kappa shape index (κ3) is 3.31. The van der Waals surface area contributed by atoms with Gasteiger partial charge in [-0.05, 0) is 25.1 Å². The van der Waals surface area contributed by atoms with Crippen molar-refractivity contribution in [3.8, 4) is 17.6 Å². The zero-order valence-electron chi connectivity index (χ0n) is 8.08. The number of ether oxygens (including phenoxy) is 1. The molecule has 78 valence electrons. The second-order valence-electron chi connectivity index (χ2n) is 2.64. The molecule has 0 fully saturated rings. The Morgan fingerprint density at radius 3 is 2.93 bits per heavy atom. The molecule has 0 amide bonds. The molecule has 0 heterocycles. The minimum Gasteiger partial charge on any atom is -0.505 e. The fourth-order valence-corrected chi connectivity index (χ4v) is 0.881. The Kier molecular flexibility index (Phi) is 3.69. The fraction of sp³-hybridized carbons (Fsp3) is 0.182. The summed E-state index contributed by atoms with van der Waals surface area (Å²) < 4.78 is 17.2. The predicted molar refractivity (Wildman–Crippen MR) is 51.6 cm³/mol. The first-order valence-corrected chi connectivity index (χ1v) is 4.30. The van der Waals surface area contributed by atoms with E-state index < -0.39 is 17.5 Å². The van der Waals surface area contributed by atoms with Crippen LogP contribution in [0.15, 0.2) is 18.2 Å². The van der Waals surface area contributed by atoms with Gasteiger partial charge in [-0.3, -0.25) is 0 Å². The minimum atomic E-state index is -0.725. The number of esters is 1. The Labute approximate surface area is 86.5 Å². The molecule has 0 saturated heterocycles. The zero-order valence-corrected chi connectivity index (χ0v) is 8.08. The summed E-state index contributed by atoms with van der Waals surface area (Å²) in [6.07, 6.45) is 0. The molecule has 0 radical (unpaired) electrons. The lowest BCUT2D eigenvalue weighted by Gasteiger charge is -1.95. The smallest absolute Gasteiger partial charge is 0.384 e. The van der Waals surface area contributed by atoms with Crippen molar-refractivity contribution < 1.29 is 19.0 Å². The van der Waals surface area contributed by atoms with Crippen LogP contribution in [0.2, 0.25) is 0 Å². The lowest BCUT2D eigenvalue weighted by atomic mass is 10.2. The van der Waals surface area contributed by atoms with E-state index in [1.165, 1.54) is 6.07 Å². The van der Waals surface area contributed by atoms with Crippen LogP contribution >= 0.6 is 0 Å². The van der Waals surface area contributed by atoms with Gasteiger partial charge >= 0.3 is 5.97 Å². The maximum atomic E-state index is 12.6. The normalized spacial score (nSPS) is 8.93. The third-order valence-electron chi connectivity index (χ3n) is 1.53. The van der Waals surface area contributed by atoms with Crippen molar-refractivity contribution in [1.29, 1.82) is 0 Å². The lowest BCUT2D eigenvalue weighted by Crippen LogP contribution is -1.99. The maximum absolute atomic E-state index is 12.6. The number of hydrogen-bond donors (Lipinski definition) is 1. The Bertz CT molecular complexity index is 429. The van der Waals surface area contributed by atoms with E-state index in [-0.39, 0.29) is 6.61 Å². The average molecular weight is 208 g/mol. The number of carbonyl (C=O) groups excluding carboxylic acids is 1. The largest absolute Gasteiger partial charge is 0.505 e. The van der Waals surface area contributed by atoms with E-state index in [2.05, 4.69) is 16.6 Å². The number of benzene rings is 1. The molecular weight excluding hydrogens is 199 g/mol. The number of halogens is 1. The summed E-state index contributed by atoms with van der Waals surface area (Å²) in [5, 5.41) is 9.01. The molecule has 1 aromatic carbocycles. The molecule has 0 saturated carbocycles. The fourth-order valence-electron chi connectivity index (χ4n) is 0.881. The molecule has 0 aliphatic rings. The van der Waals surface area contributed by atoms with Gasteiger partial charge in [0.25, 0.3) is 0 Å². The van der Waals surface area contributed by atoms with E-state index in [9.17, 15) is 9.18 Å². The van der Waals surface area contributed by atoms with Crippen molar-refractivity contribution in [2.24, 2.45) is 0 Å². The molecule has 1 aromatic rings. The van der Waals surface area contributed by atoms with Crippen molar-refractivity contribution in [3.05, 3.63) is 29.6 Å². The van der Waals surface area contributed by atoms with Gasteiger partial charge < -0.3 is 9.84 Å². The maximum Gasteiger partial charge on any atom is 0.384 e. The highest BCUT2D eigenvalue weighted by atomic mass is 19.1. The first-order valence-electron chi connectivity index (χ1n) is 4.30.